The summed E-state index contributed by atoms with van der Waals surface area (Å²) >= 11 is 0. The highest BCUT2D eigenvalue weighted by atomic mass is 16.2. The summed E-state index contributed by atoms with van der Waals surface area (Å²) in [5, 5.41) is 2.65. The Kier molecular flexibility index (Phi) is 5.02. The van der Waals surface area contributed by atoms with Gasteiger partial charge in [0, 0.05) is 28.9 Å². The van der Waals surface area contributed by atoms with Crippen LogP contribution in [0.15, 0.2) is 23.0 Å². The zero-order chi connectivity index (χ0) is 20.6. The van der Waals surface area contributed by atoms with Crippen LogP contribution in [0.3, 0.4) is 0 Å². The summed E-state index contributed by atoms with van der Waals surface area (Å²) in [6, 6.07) is 4.71. The molecule has 1 aliphatic rings. The smallest absolute Gasteiger partial charge is 0.261 e. The van der Waals surface area contributed by atoms with Crippen LogP contribution < -0.4 is 10.9 Å². The Labute approximate surface area is 162 Å². The highest BCUT2D eigenvalue weighted by Crippen LogP contribution is 2.33. The molecule has 0 radical (unpaired) electrons. The van der Waals surface area contributed by atoms with E-state index < -0.39 is 11.5 Å². The molecule has 146 valence electrons. The van der Waals surface area contributed by atoms with E-state index in [-0.39, 0.29) is 29.1 Å². The zero-order valence-electron chi connectivity index (χ0n) is 16.4. The second kappa shape index (κ2) is 7.14. The van der Waals surface area contributed by atoms with E-state index in [1.165, 1.54) is 13.0 Å². The Morgan fingerprint density at radius 3 is 2.54 bits per heavy atom. The number of H-pyrrole nitrogens is 1. The second-order valence-electron chi connectivity index (χ2n) is 8.02. The lowest BCUT2D eigenvalue weighted by molar-refractivity contribution is 0.0909. The standard InChI is InChI=1S/C21H23N3O4/c1-11-14(12(2)25)6-5-13(23-11)10-22-19(27)16-7-15-17(24-20(16)28)8-21(3,4)9-18(15)26/h5-7H,8-10H2,1-4H3,(H,22,27)(H,24,28). The van der Waals surface area contributed by atoms with E-state index in [1.807, 2.05) is 13.8 Å². The number of Topliss-reactive ketones (excluding diaryl/α,β-unsaturated/α-hetero) is 2. The molecule has 0 unspecified atom stereocenters. The number of aromatic nitrogens is 2. The van der Waals surface area contributed by atoms with Crippen molar-refractivity contribution in [1.82, 2.24) is 15.3 Å². The summed E-state index contributed by atoms with van der Waals surface area (Å²) in [6.45, 7) is 7.24. The fourth-order valence-electron chi connectivity index (χ4n) is 3.55. The van der Waals surface area contributed by atoms with Crippen molar-refractivity contribution in [2.24, 2.45) is 5.41 Å². The first-order valence-electron chi connectivity index (χ1n) is 9.12. The second-order valence-corrected chi connectivity index (χ2v) is 8.02. The Morgan fingerprint density at radius 1 is 1.18 bits per heavy atom. The van der Waals surface area contributed by atoms with Gasteiger partial charge in [-0.1, -0.05) is 13.8 Å². The number of ketones is 2. The minimum atomic E-state index is -0.572. The Hall–Kier alpha value is -3.09. The highest BCUT2D eigenvalue weighted by molar-refractivity contribution is 6.02. The molecule has 0 atom stereocenters. The molecule has 0 aromatic carbocycles. The van der Waals surface area contributed by atoms with Gasteiger partial charge in [-0.15, -0.1) is 0 Å². The van der Waals surface area contributed by atoms with E-state index >= 15 is 0 Å². The van der Waals surface area contributed by atoms with Crippen LogP contribution in [0.25, 0.3) is 0 Å². The molecule has 28 heavy (non-hydrogen) atoms. The lowest BCUT2D eigenvalue weighted by Crippen LogP contribution is -2.34. The minimum Gasteiger partial charge on any atom is -0.346 e. The number of rotatable bonds is 4. The lowest BCUT2D eigenvalue weighted by Gasteiger charge is -2.29. The highest BCUT2D eigenvalue weighted by Gasteiger charge is 2.32. The number of nitrogens with zero attached hydrogens (tertiary/aromatic N) is 1. The lowest BCUT2D eigenvalue weighted by atomic mass is 9.75. The molecule has 0 saturated carbocycles. The number of aryl methyl sites for hydroxylation is 1. The summed E-state index contributed by atoms with van der Waals surface area (Å²) in [5.74, 6) is -0.723. The van der Waals surface area contributed by atoms with Crippen molar-refractivity contribution in [1.29, 1.82) is 0 Å². The SMILES string of the molecule is CC(=O)c1ccc(CNC(=O)c2cc3c([nH]c2=O)CC(C)(C)CC3=O)nc1C. The number of carbonyl (C=O) groups excluding carboxylic acids is 3. The van der Waals surface area contributed by atoms with Crippen molar-refractivity contribution in [3.63, 3.8) is 0 Å². The first-order valence-corrected chi connectivity index (χ1v) is 9.12. The summed E-state index contributed by atoms with van der Waals surface area (Å²) in [6.07, 6.45) is 0.954. The molecule has 0 spiro atoms. The number of amides is 1. The molecule has 1 amide bonds. The fraction of sp³-hybridized carbons (Fsp3) is 0.381. The predicted molar refractivity (Wildman–Crippen MR) is 104 cm³/mol. The van der Waals surface area contributed by atoms with E-state index in [4.69, 9.17) is 0 Å². The Balaban J connectivity index is 1.80. The van der Waals surface area contributed by atoms with Gasteiger partial charge in [0.2, 0.25) is 0 Å². The third-order valence-corrected chi connectivity index (χ3v) is 4.92. The fourth-order valence-corrected chi connectivity index (χ4v) is 3.55. The maximum atomic E-state index is 12.5. The van der Waals surface area contributed by atoms with E-state index in [0.29, 0.717) is 41.1 Å². The number of hydrogen-bond acceptors (Lipinski definition) is 5. The zero-order valence-corrected chi connectivity index (χ0v) is 16.4. The summed E-state index contributed by atoms with van der Waals surface area (Å²) < 4.78 is 0. The maximum absolute atomic E-state index is 12.5. The number of pyridine rings is 2. The van der Waals surface area contributed by atoms with Crippen molar-refractivity contribution in [2.75, 3.05) is 0 Å². The molecule has 3 rings (SSSR count). The van der Waals surface area contributed by atoms with Gasteiger partial charge in [-0.3, -0.25) is 24.2 Å². The van der Waals surface area contributed by atoms with Crippen LogP contribution in [0.2, 0.25) is 0 Å². The number of aromatic amines is 1. The third-order valence-electron chi connectivity index (χ3n) is 4.92. The normalized spacial score (nSPS) is 15.1. The molecule has 0 saturated heterocycles. The van der Waals surface area contributed by atoms with E-state index in [0.717, 1.165) is 0 Å². The van der Waals surface area contributed by atoms with Gasteiger partial charge in [0.1, 0.15) is 5.56 Å². The van der Waals surface area contributed by atoms with Gasteiger partial charge < -0.3 is 10.3 Å². The van der Waals surface area contributed by atoms with Crippen molar-refractivity contribution in [3.05, 3.63) is 62.3 Å². The monoisotopic (exact) mass is 381 g/mol. The van der Waals surface area contributed by atoms with E-state index in [1.54, 1.807) is 19.1 Å². The predicted octanol–water partition coefficient (Wildman–Crippen LogP) is 2.37. The molecular weight excluding hydrogens is 358 g/mol. The van der Waals surface area contributed by atoms with Crippen molar-refractivity contribution < 1.29 is 14.4 Å². The van der Waals surface area contributed by atoms with Crippen LogP contribution in [0.1, 0.15) is 75.3 Å². The molecule has 0 bridgehead atoms. The van der Waals surface area contributed by atoms with E-state index in [2.05, 4.69) is 15.3 Å². The van der Waals surface area contributed by atoms with Crippen LogP contribution in [0.4, 0.5) is 0 Å². The summed E-state index contributed by atoms with van der Waals surface area (Å²) in [4.78, 5) is 55.7. The molecule has 2 aromatic heterocycles. The van der Waals surface area contributed by atoms with Crippen molar-refractivity contribution >= 4 is 17.5 Å². The average Bonchev–Trinajstić information content (AvgIpc) is 2.57. The number of fused-ring (bicyclic) bond motifs is 1. The van der Waals surface area contributed by atoms with Gasteiger partial charge in [-0.2, -0.15) is 0 Å². The topological polar surface area (TPSA) is 109 Å². The van der Waals surface area contributed by atoms with Crippen LogP contribution in [0, 0.1) is 12.3 Å². The molecule has 2 aromatic rings. The largest absolute Gasteiger partial charge is 0.346 e. The molecule has 7 heteroatoms. The molecule has 2 heterocycles. The minimum absolute atomic E-state index is 0.0750. The van der Waals surface area contributed by atoms with Gasteiger partial charge in [0.25, 0.3) is 11.5 Å². The molecule has 7 nitrogen and oxygen atoms in total. The Bertz CT molecular complexity index is 1050. The molecule has 1 aliphatic carbocycles. The first kappa shape index (κ1) is 19.7. The van der Waals surface area contributed by atoms with Crippen LogP contribution >= 0.6 is 0 Å². The average molecular weight is 381 g/mol. The maximum Gasteiger partial charge on any atom is 0.261 e. The van der Waals surface area contributed by atoms with E-state index in [9.17, 15) is 19.2 Å². The molecule has 2 N–H and O–H groups in total. The first-order chi connectivity index (χ1) is 13.1. The number of carbonyl (C=O) groups is 3. The van der Waals surface area contributed by atoms with Gasteiger partial charge in [-0.05, 0) is 43.9 Å². The van der Waals surface area contributed by atoms with Crippen LogP contribution in [-0.2, 0) is 13.0 Å². The van der Waals surface area contributed by atoms with Crippen molar-refractivity contribution in [2.45, 2.75) is 47.1 Å². The molecule has 0 fully saturated rings. The van der Waals surface area contributed by atoms with Gasteiger partial charge in [-0.25, -0.2) is 0 Å². The van der Waals surface area contributed by atoms with Gasteiger partial charge in [0.05, 0.1) is 12.2 Å². The number of nitrogens with one attached hydrogen (secondary N) is 2. The number of hydrogen-bond donors (Lipinski definition) is 2. The van der Waals surface area contributed by atoms with Gasteiger partial charge in [0.15, 0.2) is 11.6 Å². The van der Waals surface area contributed by atoms with Gasteiger partial charge >= 0.3 is 0 Å². The summed E-state index contributed by atoms with van der Waals surface area (Å²) in [5.41, 5.74) is 1.85. The summed E-state index contributed by atoms with van der Waals surface area (Å²) in [7, 11) is 0. The molecule has 0 aliphatic heterocycles. The third kappa shape index (κ3) is 3.93. The Morgan fingerprint density at radius 2 is 1.89 bits per heavy atom. The van der Waals surface area contributed by atoms with Crippen LogP contribution in [0.5, 0.6) is 0 Å². The van der Waals surface area contributed by atoms with Crippen molar-refractivity contribution in [3.8, 4) is 0 Å². The molecular formula is C21H23N3O4. The quantitative estimate of drug-likeness (QED) is 0.790. The van der Waals surface area contributed by atoms with Crippen LogP contribution in [-0.4, -0.2) is 27.4 Å².